The first-order valence-corrected chi connectivity index (χ1v) is 10.4. The number of hydrogen-bond donors (Lipinski definition) is 2. The van der Waals surface area contributed by atoms with Gasteiger partial charge in [0.1, 0.15) is 11.9 Å². The average Bonchev–Trinajstić information content (AvgIpc) is 3.34. The molecule has 31 heavy (non-hydrogen) atoms. The molecule has 1 unspecified atom stereocenters. The maximum Gasteiger partial charge on any atom is 0.251 e. The molecule has 1 aromatic carbocycles. The van der Waals surface area contributed by atoms with E-state index in [-0.39, 0.29) is 41.9 Å². The van der Waals surface area contributed by atoms with Crippen LogP contribution in [-0.2, 0) is 9.53 Å². The minimum absolute atomic E-state index is 0. The Kier molecular flexibility index (Phi) is 10.3. The molecule has 172 valence electrons. The van der Waals surface area contributed by atoms with Crippen LogP contribution in [0.2, 0.25) is 0 Å². The van der Waals surface area contributed by atoms with E-state index in [0.717, 1.165) is 37.6 Å². The molecule has 1 atom stereocenters. The first-order chi connectivity index (χ1) is 14.6. The zero-order valence-corrected chi connectivity index (χ0v) is 20.5. The lowest BCUT2D eigenvalue weighted by molar-refractivity contribution is -0.142. The van der Waals surface area contributed by atoms with Crippen LogP contribution in [0.15, 0.2) is 29.3 Å². The lowest BCUT2D eigenvalue weighted by Crippen LogP contribution is -2.55. The summed E-state index contributed by atoms with van der Waals surface area (Å²) in [5, 5.41) is 6.17. The number of methoxy groups -OCH3 is 1. The molecule has 0 radical (unpaired) electrons. The number of carbonyl (C=O) groups is 2. The number of benzene rings is 1. The summed E-state index contributed by atoms with van der Waals surface area (Å²) in [5.74, 6) is 1.47. The van der Waals surface area contributed by atoms with E-state index in [2.05, 4.69) is 20.5 Å². The van der Waals surface area contributed by atoms with Crippen LogP contribution in [0.3, 0.4) is 0 Å². The van der Waals surface area contributed by atoms with Crippen LogP contribution in [0.5, 0.6) is 5.75 Å². The van der Waals surface area contributed by atoms with Crippen LogP contribution in [0.25, 0.3) is 0 Å². The van der Waals surface area contributed by atoms with Crippen molar-refractivity contribution in [2.24, 2.45) is 4.99 Å². The first-order valence-electron chi connectivity index (χ1n) is 10.4. The molecular weight excluding hydrogens is 513 g/mol. The summed E-state index contributed by atoms with van der Waals surface area (Å²) >= 11 is 0. The molecule has 2 aliphatic rings. The number of rotatable bonds is 6. The van der Waals surface area contributed by atoms with E-state index in [4.69, 9.17) is 9.47 Å². The number of aliphatic imine (C=N–C) groups is 1. The van der Waals surface area contributed by atoms with Crippen LogP contribution in [0.1, 0.15) is 23.2 Å². The first kappa shape index (κ1) is 25.2. The molecule has 0 aliphatic carbocycles. The molecule has 2 aliphatic heterocycles. The fourth-order valence-corrected chi connectivity index (χ4v) is 3.64. The molecule has 0 spiro atoms. The van der Waals surface area contributed by atoms with Crippen molar-refractivity contribution < 1.29 is 19.1 Å². The summed E-state index contributed by atoms with van der Waals surface area (Å²) in [6.07, 6.45) is 1.52. The Hall–Kier alpha value is -2.08. The lowest BCUT2D eigenvalue weighted by atomic mass is 10.2. The van der Waals surface area contributed by atoms with E-state index in [1.807, 2.05) is 4.90 Å². The molecule has 0 aromatic heterocycles. The fourth-order valence-electron chi connectivity index (χ4n) is 3.64. The topological polar surface area (TPSA) is 95.5 Å². The quantitative estimate of drug-likeness (QED) is 0.239. The minimum Gasteiger partial charge on any atom is -0.497 e. The summed E-state index contributed by atoms with van der Waals surface area (Å²) in [7, 11) is 3.33. The summed E-state index contributed by atoms with van der Waals surface area (Å²) < 4.78 is 10.6. The van der Waals surface area contributed by atoms with Crippen molar-refractivity contribution in [1.29, 1.82) is 0 Å². The van der Waals surface area contributed by atoms with E-state index < -0.39 is 0 Å². The molecule has 1 aromatic rings. The molecular formula is C21H32IN5O4. The smallest absolute Gasteiger partial charge is 0.251 e. The van der Waals surface area contributed by atoms with Crippen molar-refractivity contribution in [3.05, 3.63) is 29.8 Å². The van der Waals surface area contributed by atoms with E-state index in [9.17, 15) is 9.59 Å². The lowest BCUT2D eigenvalue weighted by Gasteiger charge is -2.37. The standard InChI is InChI=1S/C21H31N5O4.HI/c1-22-21(24-10-9-23-19(27)16-5-7-17(29-2)8-6-16)26-13-11-25(12-14-26)20(28)18-4-3-15-30-18;/h5-8,18H,3-4,9-15H2,1-2H3,(H,22,24)(H,23,27);1H. The summed E-state index contributed by atoms with van der Waals surface area (Å²) in [6, 6.07) is 6.99. The Bertz CT molecular complexity index is 745. The maximum absolute atomic E-state index is 12.5. The molecule has 10 heteroatoms. The zero-order valence-electron chi connectivity index (χ0n) is 18.1. The van der Waals surface area contributed by atoms with Crippen molar-refractivity contribution in [2.75, 3.05) is 60.0 Å². The molecule has 0 bridgehead atoms. The van der Waals surface area contributed by atoms with Gasteiger partial charge in [-0.1, -0.05) is 0 Å². The number of hydrogen-bond acceptors (Lipinski definition) is 5. The number of ether oxygens (including phenoxy) is 2. The minimum atomic E-state index is -0.261. The van der Waals surface area contributed by atoms with Gasteiger partial charge in [-0.15, -0.1) is 24.0 Å². The van der Waals surface area contributed by atoms with Crippen LogP contribution in [-0.4, -0.2) is 93.7 Å². The number of nitrogens with one attached hydrogen (secondary N) is 2. The number of amides is 2. The van der Waals surface area contributed by atoms with Gasteiger partial charge in [-0.05, 0) is 37.1 Å². The summed E-state index contributed by atoms with van der Waals surface area (Å²) in [6.45, 7) is 4.47. The molecule has 2 N–H and O–H groups in total. The molecule has 2 fully saturated rings. The van der Waals surface area contributed by atoms with Gasteiger partial charge in [0, 0.05) is 58.5 Å². The molecule has 2 saturated heterocycles. The molecule has 3 rings (SSSR count). The number of piperazine rings is 1. The van der Waals surface area contributed by atoms with Crippen molar-refractivity contribution in [1.82, 2.24) is 20.4 Å². The Labute approximate surface area is 200 Å². The Morgan fingerprint density at radius 1 is 1.10 bits per heavy atom. The fraction of sp³-hybridized carbons (Fsp3) is 0.571. The highest BCUT2D eigenvalue weighted by Crippen LogP contribution is 2.16. The van der Waals surface area contributed by atoms with E-state index in [1.54, 1.807) is 38.4 Å². The van der Waals surface area contributed by atoms with Crippen LogP contribution >= 0.6 is 24.0 Å². The third-order valence-corrected chi connectivity index (χ3v) is 5.35. The average molecular weight is 545 g/mol. The van der Waals surface area contributed by atoms with Crippen molar-refractivity contribution in [3.8, 4) is 5.75 Å². The van der Waals surface area contributed by atoms with E-state index in [1.165, 1.54) is 0 Å². The highest BCUT2D eigenvalue weighted by Gasteiger charge is 2.30. The van der Waals surface area contributed by atoms with Gasteiger partial charge in [0.25, 0.3) is 11.8 Å². The second-order valence-electron chi connectivity index (χ2n) is 7.27. The Balaban J connectivity index is 0.00000341. The molecule has 2 amide bonds. The van der Waals surface area contributed by atoms with Crippen LogP contribution in [0, 0.1) is 0 Å². The Morgan fingerprint density at radius 3 is 2.32 bits per heavy atom. The van der Waals surface area contributed by atoms with Crippen molar-refractivity contribution in [2.45, 2.75) is 18.9 Å². The molecule has 2 heterocycles. The third kappa shape index (κ3) is 6.96. The van der Waals surface area contributed by atoms with Gasteiger partial charge in [-0.2, -0.15) is 0 Å². The SMILES string of the molecule is CN=C(NCCNC(=O)c1ccc(OC)cc1)N1CCN(C(=O)C2CCCO2)CC1.I. The van der Waals surface area contributed by atoms with Gasteiger partial charge in [0.2, 0.25) is 0 Å². The molecule has 9 nitrogen and oxygen atoms in total. The van der Waals surface area contributed by atoms with Gasteiger partial charge in [-0.25, -0.2) is 0 Å². The second-order valence-corrected chi connectivity index (χ2v) is 7.27. The van der Waals surface area contributed by atoms with Gasteiger partial charge < -0.3 is 29.9 Å². The number of halogens is 1. The largest absolute Gasteiger partial charge is 0.497 e. The summed E-state index contributed by atoms with van der Waals surface area (Å²) in [4.78, 5) is 33.0. The number of carbonyl (C=O) groups excluding carboxylic acids is 2. The van der Waals surface area contributed by atoms with Crippen LogP contribution < -0.4 is 15.4 Å². The highest BCUT2D eigenvalue weighted by molar-refractivity contribution is 14.0. The normalized spacial score (nSPS) is 18.9. The number of nitrogens with zero attached hydrogens (tertiary/aromatic N) is 3. The van der Waals surface area contributed by atoms with Gasteiger partial charge in [-0.3, -0.25) is 14.6 Å². The van der Waals surface area contributed by atoms with Crippen molar-refractivity contribution in [3.63, 3.8) is 0 Å². The Morgan fingerprint density at radius 2 is 1.74 bits per heavy atom. The predicted molar refractivity (Wildman–Crippen MR) is 129 cm³/mol. The predicted octanol–water partition coefficient (Wildman–Crippen LogP) is 0.942. The van der Waals surface area contributed by atoms with E-state index in [0.29, 0.717) is 38.3 Å². The maximum atomic E-state index is 12.5. The summed E-state index contributed by atoms with van der Waals surface area (Å²) in [5.41, 5.74) is 0.590. The van der Waals surface area contributed by atoms with Crippen LogP contribution in [0.4, 0.5) is 0 Å². The van der Waals surface area contributed by atoms with E-state index >= 15 is 0 Å². The van der Waals surface area contributed by atoms with Gasteiger partial charge in [0.05, 0.1) is 7.11 Å². The van der Waals surface area contributed by atoms with Gasteiger partial charge in [0.15, 0.2) is 5.96 Å². The molecule has 0 saturated carbocycles. The second kappa shape index (κ2) is 12.7. The highest BCUT2D eigenvalue weighted by atomic mass is 127. The zero-order chi connectivity index (χ0) is 21.3. The monoisotopic (exact) mass is 545 g/mol. The van der Waals surface area contributed by atoms with Gasteiger partial charge >= 0.3 is 0 Å². The third-order valence-electron chi connectivity index (χ3n) is 5.35. The number of guanidine groups is 1. The van der Waals surface area contributed by atoms with Crippen molar-refractivity contribution >= 4 is 41.8 Å².